The lowest BCUT2D eigenvalue weighted by molar-refractivity contribution is 0.362. The largest absolute Gasteiger partial charge is 0.339 e. The van der Waals surface area contributed by atoms with Crippen molar-refractivity contribution in [3.05, 3.63) is 40.5 Å². The Morgan fingerprint density at radius 3 is 2.80 bits per heavy atom. The van der Waals surface area contributed by atoms with Crippen LogP contribution >= 0.6 is 27.7 Å². The van der Waals surface area contributed by atoms with Gasteiger partial charge in [-0.1, -0.05) is 34.4 Å². The van der Waals surface area contributed by atoms with Gasteiger partial charge in [0, 0.05) is 21.8 Å². The molecule has 1 heterocycles. The van der Waals surface area contributed by atoms with Crippen LogP contribution in [-0.4, -0.2) is 16.2 Å². The van der Waals surface area contributed by atoms with Crippen molar-refractivity contribution in [3.63, 3.8) is 0 Å². The van der Waals surface area contributed by atoms with Crippen LogP contribution in [0.1, 0.15) is 31.5 Å². The minimum Gasteiger partial charge on any atom is -0.339 e. The van der Waals surface area contributed by atoms with Crippen LogP contribution in [0.2, 0.25) is 0 Å². The molecule has 4 nitrogen and oxygen atoms in total. The highest BCUT2D eigenvalue weighted by atomic mass is 79.9. The van der Waals surface area contributed by atoms with E-state index in [0.717, 1.165) is 23.1 Å². The molecule has 0 spiro atoms. The van der Waals surface area contributed by atoms with Gasteiger partial charge in [-0.25, -0.2) is 0 Å². The zero-order valence-corrected chi connectivity index (χ0v) is 13.8. The van der Waals surface area contributed by atoms with Gasteiger partial charge in [0.1, 0.15) is 0 Å². The molecule has 1 unspecified atom stereocenters. The van der Waals surface area contributed by atoms with Crippen molar-refractivity contribution in [2.24, 2.45) is 5.73 Å². The maximum atomic E-state index is 5.97. The Morgan fingerprint density at radius 2 is 2.10 bits per heavy atom. The number of rotatable bonds is 7. The topological polar surface area (TPSA) is 64.9 Å². The molecular weight excluding hydrogens is 338 g/mol. The zero-order chi connectivity index (χ0) is 14.4. The summed E-state index contributed by atoms with van der Waals surface area (Å²) in [6.45, 7) is 2.12. The third kappa shape index (κ3) is 4.92. The average molecular weight is 356 g/mol. The van der Waals surface area contributed by atoms with Crippen LogP contribution in [0, 0.1) is 0 Å². The Labute approximate surface area is 131 Å². The number of thioether (sulfide) groups is 1. The van der Waals surface area contributed by atoms with Gasteiger partial charge >= 0.3 is 0 Å². The lowest BCUT2D eigenvalue weighted by Crippen LogP contribution is -2.22. The quantitative estimate of drug-likeness (QED) is 0.765. The molecule has 2 N–H and O–H groups in total. The van der Waals surface area contributed by atoms with Crippen molar-refractivity contribution in [1.29, 1.82) is 0 Å². The predicted molar refractivity (Wildman–Crippen MR) is 84.6 cm³/mol. The molecule has 0 amide bonds. The molecule has 1 aromatic heterocycles. The zero-order valence-electron chi connectivity index (χ0n) is 11.4. The molecule has 2 rings (SSSR count). The first-order valence-corrected chi connectivity index (χ1v) is 8.40. The second-order valence-corrected chi connectivity index (χ2v) is 6.56. The van der Waals surface area contributed by atoms with Crippen LogP contribution < -0.4 is 5.73 Å². The highest BCUT2D eigenvalue weighted by molar-refractivity contribution is 9.10. The Balaban J connectivity index is 1.85. The number of nitrogens with two attached hydrogens (primary N) is 1. The summed E-state index contributed by atoms with van der Waals surface area (Å²) in [4.78, 5) is 5.56. The van der Waals surface area contributed by atoms with Gasteiger partial charge in [-0.15, -0.1) is 11.8 Å². The summed E-state index contributed by atoms with van der Waals surface area (Å²) in [5, 5.41) is 3.99. The van der Waals surface area contributed by atoms with Gasteiger partial charge in [-0.05, 0) is 30.7 Å². The lowest BCUT2D eigenvalue weighted by Gasteiger charge is -2.05. The predicted octanol–water partition coefficient (Wildman–Crippen LogP) is 3.79. The van der Waals surface area contributed by atoms with Crippen molar-refractivity contribution >= 4 is 27.7 Å². The van der Waals surface area contributed by atoms with E-state index >= 15 is 0 Å². The molecule has 0 bridgehead atoms. The van der Waals surface area contributed by atoms with E-state index in [1.54, 1.807) is 11.8 Å². The van der Waals surface area contributed by atoms with E-state index in [9.17, 15) is 0 Å². The van der Waals surface area contributed by atoms with Gasteiger partial charge < -0.3 is 10.3 Å². The molecule has 6 heteroatoms. The first-order valence-electron chi connectivity index (χ1n) is 6.62. The van der Waals surface area contributed by atoms with E-state index in [1.807, 2.05) is 12.1 Å². The minimum atomic E-state index is 0.104. The first kappa shape index (κ1) is 15.5. The standard InChI is InChI=1S/C14H18BrN3OS/c1-2-3-11(16)8-14-17-13(18-19-14)9-20-12-6-4-10(15)5-7-12/h4-7,11H,2-3,8-9,16H2,1H3. The maximum Gasteiger partial charge on any atom is 0.228 e. The Hall–Kier alpha value is -0.850. The fraction of sp³-hybridized carbons (Fsp3) is 0.429. The molecule has 0 aliphatic heterocycles. The van der Waals surface area contributed by atoms with Gasteiger partial charge in [0.25, 0.3) is 0 Å². The second-order valence-electron chi connectivity index (χ2n) is 4.60. The van der Waals surface area contributed by atoms with Crippen LogP contribution in [0.15, 0.2) is 38.2 Å². The van der Waals surface area contributed by atoms with Crippen LogP contribution in [0.5, 0.6) is 0 Å². The van der Waals surface area contributed by atoms with Crippen molar-refractivity contribution in [1.82, 2.24) is 10.1 Å². The highest BCUT2D eigenvalue weighted by Gasteiger charge is 2.10. The van der Waals surface area contributed by atoms with E-state index in [0.29, 0.717) is 18.1 Å². The number of nitrogens with zero attached hydrogens (tertiary/aromatic N) is 2. The molecule has 0 saturated heterocycles. The fourth-order valence-electron chi connectivity index (χ4n) is 1.81. The smallest absolute Gasteiger partial charge is 0.228 e. The van der Waals surface area contributed by atoms with E-state index in [4.69, 9.17) is 10.3 Å². The molecular formula is C14H18BrN3OS. The molecule has 0 saturated carbocycles. The maximum absolute atomic E-state index is 5.97. The normalized spacial score (nSPS) is 12.6. The highest BCUT2D eigenvalue weighted by Crippen LogP contribution is 2.23. The van der Waals surface area contributed by atoms with Crippen LogP contribution in [-0.2, 0) is 12.2 Å². The third-order valence-electron chi connectivity index (χ3n) is 2.79. The lowest BCUT2D eigenvalue weighted by atomic mass is 10.1. The molecule has 20 heavy (non-hydrogen) atoms. The monoisotopic (exact) mass is 355 g/mol. The summed E-state index contributed by atoms with van der Waals surface area (Å²) in [6, 6.07) is 8.27. The average Bonchev–Trinajstić information content (AvgIpc) is 2.86. The second kappa shape index (κ2) is 7.81. The van der Waals surface area contributed by atoms with Crippen molar-refractivity contribution < 1.29 is 4.52 Å². The van der Waals surface area contributed by atoms with Crippen LogP contribution in [0.3, 0.4) is 0 Å². The number of hydrogen-bond acceptors (Lipinski definition) is 5. The summed E-state index contributed by atoms with van der Waals surface area (Å²) in [7, 11) is 0. The SMILES string of the molecule is CCCC(N)Cc1nc(CSc2ccc(Br)cc2)no1. The van der Waals surface area contributed by atoms with Crippen molar-refractivity contribution in [3.8, 4) is 0 Å². The first-order chi connectivity index (χ1) is 9.67. The molecule has 0 aliphatic carbocycles. The Morgan fingerprint density at radius 1 is 1.35 bits per heavy atom. The van der Waals surface area contributed by atoms with E-state index in [-0.39, 0.29) is 6.04 Å². The molecule has 0 radical (unpaired) electrons. The number of benzene rings is 1. The Kier molecular flexibility index (Phi) is 6.06. The van der Waals surface area contributed by atoms with Gasteiger partial charge in [0.2, 0.25) is 5.89 Å². The summed E-state index contributed by atoms with van der Waals surface area (Å²) >= 11 is 5.11. The summed E-state index contributed by atoms with van der Waals surface area (Å²) in [5.41, 5.74) is 5.97. The number of aromatic nitrogens is 2. The van der Waals surface area contributed by atoms with Gasteiger partial charge in [-0.2, -0.15) is 4.98 Å². The molecule has 108 valence electrons. The fourth-order valence-corrected chi connectivity index (χ4v) is 2.81. The summed E-state index contributed by atoms with van der Waals surface area (Å²) < 4.78 is 6.30. The van der Waals surface area contributed by atoms with E-state index in [2.05, 4.69) is 45.1 Å². The third-order valence-corrected chi connectivity index (χ3v) is 4.32. The molecule has 1 atom stereocenters. The van der Waals surface area contributed by atoms with E-state index in [1.165, 1.54) is 4.90 Å². The van der Waals surface area contributed by atoms with Crippen molar-refractivity contribution in [2.45, 2.75) is 42.9 Å². The van der Waals surface area contributed by atoms with Crippen LogP contribution in [0.25, 0.3) is 0 Å². The van der Waals surface area contributed by atoms with Crippen LogP contribution in [0.4, 0.5) is 0 Å². The molecule has 0 fully saturated rings. The minimum absolute atomic E-state index is 0.104. The summed E-state index contributed by atoms with van der Waals surface area (Å²) in [6.07, 6.45) is 2.71. The van der Waals surface area contributed by atoms with E-state index < -0.39 is 0 Å². The van der Waals surface area contributed by atoms with Gasteiger partial charge in [0.15, 0.2) is 5.82 Å². The Bertz CT molecular complexity index is 529. The molecule has 2 aromatic rings. The number of hydrogen-bond donors (Lipinski definition) is 1. The van der Waals surface area contributed by atoms with Crippen molar-refractivity contribution in [2.75, 3.05) is 0 Å². The number of halogens is 1. The summed E-state index contributed by atoms with van der Waals surface area (Å²) in [5.74, 6) is 2.06. The molecule has 1 aromatic carbocycles. The van der Waals surface area contributed by atoms with Gasteiger partial charge in [0.05, 0.1) is 5.75 Å². The molecule has 0 aliphatic rings. The van der Waals surface area contributed by atoms with Gasteiger partial charge in [-0.3, -0.25) is 0 Å².